The largest absolute Gasteiger partial charge is 0.486 e. The number of para-hydroxylation sites is 1. The van der Waals surface area contributed by atoms with E-state index in [-0.39, 0.29) is 50.8 Å². The molecule has 4 rings (SSSR count). The van der Waals surface area contributed by atoms with Crippen LogP contribution in [0, 0.1) is 17.8 Å². The highest BCUT2D eigenvalue weighted by Crippen LogP contribution is 2.47. The van der Waals surface area contributed by atoms with Crippen LogP contribution >= 0.6 is 0 Å². The lowest BCUT2D eigenvalue weighted by molar-refractivity contribution is -0.147. The number of hydrogen-bond donors (Lipinski definition) is 3. The Balaban J connectivity index is 1.60. The van der Waals surface area contributed by atoms with Crippen LogP contribution in [0.3, 0.4) is 0 Å². The molecule has 1 fully saturated rings. The van der Waals surface area contributed by atoms with Gasteiger partial charge in [0.1, 0.15) is 24.6 Å². The van der Waals surface area contributed by atoms with Gasteiger partial charge >= 0.3 is 0 Å². The van der Waals surface area contributed by atoms with E-state index in [1.165, 1.54) is 6.42 Å². The Hall–Kier alpha value is -2.46. The Morgan fingerprint density at radius 2 is 2.00 bits per heavy atom. The normalized spacial score (nSPS) is 29.7. The smallest absolute Gasteiger partial charge is 0.249 e. The molecule has 9 nitrogen and oxygen atoms in total. The molecule has 7 unspecified atom stereocenters. The summed E-state index contributed by atoms with van der Waals surface area (Å²) in [6, 6.07) is 6.61. The standard InChI is InChI=1S/C30H44N2O7/c1-18(2)20-10-9-19(3)15-25(20)38-17-26(34)32(12-14-37-4)23-16-22(30(36)31-11-13-33)27-21-7-5-6-8-24(21)39-29(27)28(23)35/h5-8,16,18-20,23,25,27-29,33,35H,9-15,17H2,1-4H3,(H,31,36). The Labute approximate surface area is 231 Å². The quantitative estimate of drug-likeness (QED) is 0.391. The number of methoxy groups -OCH3 is 1. The lowest BCUT2D eigenvalue weighted by Crippen LogP contribution is -2.57. The van der Waals surface area contributed by atoms with E-state index in [1.54, 1.807) is 18.1 Å². The second kappa shape index (κ2) is 13.3. The topological polar surface area (TPSA) is 118 Å². The van der Waals surface area contributed by atoms with Crippen LogP contribution in [0.2, 0.25) is 0 Å². The van der Waals surface area contributed by atoms with Gasteiger partial charge in [0.15, 0.2) is 0 Å². The van der Waals surface area contributed by atoms with E-state index >= 15 is 0 Å². The Kier molecular flexibility index (Phi) is 10.0. The molecule has 0 saturated heterocycles. The van der Waals surface area contributed by atoms with Gasteiger partial charge in [0, 0.05) is 31.3 Å². The second-order valence-corrected chi connectivity index (χ2v) is 11.4. The van der Waals surface area contributed by atoms with Gasteiger partial charge in [-0.3, -0.25) is 9.59 Å². The van der Waals surface area contributed by atoms with Crippen LogP contribution in [0.1, 0.15) is 51.5 Å². The molecule has 216 valence electrons. The van der Waals surface area contributed by atoms with Gasteiger partial charge in [-0.15, -0.1) is 0 Å². The maximum absolute atomic E-state index is 13.7. The third kappa shape index (κ3) is 6.48. The van der Waals surface area contributed by atoms with E-state index < -0.39 is 24.2 Å². The fourth-order valence-electron chi connectivity index (χ4n) is 6.39. The van der Waals surface area contributed by atoms with Crippen molar-refractivity contribution in [3.8, 4) is 5.75 Å². The molecular weight excluding hydrogens is 500 g/mol. The molecule has 0 bridgehead atoms. The Bertz CT molecular complexity index is 1030. The minimum atomic E-state index is -1.07. The summed E-state index contributed by atoms with van der Waals surface area (Å²) in [5.74, 6) is 0.901. The van der Waals surface area contributed by atoms with Gasteiger partial charge < -0.3 is 34.6 Å². The minimum Gasteiger partial charge on any atom is -0.486 e. The van der Waals surface area contributed by atoms with E-state index in [2.05, 4.69) is 26.1 Å². The molecule has 1 aromatic carbocycles. The molecule has 39 heavy (non-hydrogen) atoms. The fourth-order valence-corrected chi connectivity index (χ4v) is 6.39. The highest BCUT2D eigenvalue weighted by molar-refractivity contribution is 5.96. The zero-order valence-electron chi connectivity index (χ0n) is 23.5. The zero-order chi connectivity index (χ0) is 28.1. The summed E-state index contributed by atoms with van der Waals surface area (Å²) in [5, 5.41) is 23.6. The maximum atomic E-state index is 13.7. The lowest BCUT2D eigenvalue weighted by Gasteiger charge is -2.41. The highest BCUT2D eigenvalue weighted by Gasteiger charge is 2.50. The summed E-state index contributed by atoms with van der Waals surface area (Å²) in [7, 11) is 1.56. The van der Waals surface area contributed by atoms with Crippen LogP contribution in [-0.2, 0) is 19.1 Å². The van der Waals surface area contributed by atoms with Crippen LogP contribution in [0.5, 0.6) is 5.75 Å². The first-order valence-corrected chi connectivity index (χ1v) is 14.2. The van der Waals surface area contributed by atoms with Crippen LogP contribution in [0.25, 0.3) is 0 Å². The summed E-state index contributed by atoms with van der Waals surface area (Å²) >= 11 is 0. The van der Waals surface area contributed by atoms with Gasteiger partial charge in [-0.1, -0.05) is 45.4 Å². The van der Waals surface area contributed by atoms with Gasteiger partial charge in [0.05, 0.1) is 31.3 Å². The molecular formula is C30H44N2O7. The first-order valence-electron chi connectivity index (χ1n) is 14.2. The molecule has 2 amide bonds. The van der Waals surface area contributed by atoms with Crippen molar-refractivity contribution in [1.29, 1.82) is 0 Å². The first-order chi connectivity index (χ1) is 18.8. The number of benzene rings is 1. The number of ether oxygens (including phenoxy) is 3. The average Bonchev–Trinajstić information content (AvgIpc) is 3.32. The van der Waals surface area contributed by atoms with Gasteiger partial charge in [0.2, 0.25) is 11.8 Å². The summed E-state index contributed by atoms with van der Waals surface area (Å²) in [4.78, 5) is 28.5. The monoisotopic (exact) mass is 544 g/mol. The van der Waals surface area contributed by atoms with Gasteiger partial charge in [-0.05, 0) is 42.7 Å². The summed E-state index contributed by atoms with van der Waals surface area (Å²) < 4.78 is 17.7. The summed E-state index contributed by atoms with van der Waals surface area (Å²) in [6.45, 7) is 6.91. The Morgan fingerprint density at radius 1 is 1.23 bits per heavy atom. The van der Waals surface area contributed by atoms with Crippen molar-refractivity contribution in [2.24, 2.45) is 17.8 Å². The predicted octanol–water partition coefficient (Wildman–Crippen LogP) is 2.26. The highest BCUT2D eigenvalue weighted by atomic mass is 16.5. The van der Waals surface area contributed by atoms with E-state index in [0.717, 1.165) is 18.4 Å². The number of aliphatic hydroxyl groups excluding tert-OH is 2. The molecule has 0 spiro atoms. The van der Waals surface area contributed by atoms with Gasteiger partial charge in [-0.25, -0.2) is 0 Å². The number of carbonyl (C=O) groups is 2. The molecule has 1 aliphatic heterocycles. The molecule has 0 radical (unpaired) electrons. The van der Waals surface area contributed by atoms with Gasteiger partial charge in [0.25, 0.3) is 0 Å². The number of amides is 2. The van der Waals surface area contributed by atoms with E-state index in [9.17, 15) is 19.8 Å². The van der Waals surface area contributed by atoms with E-state index in [0.29, 0.717) is 29.1 Å². The first kappa shape index (κ1) is 29.5. The zero-order valence-corrected chi connectivity index (χ0v) is 23.5. The van der Waals surface area contributed by atoms with Crippen LogP contribution < -0.4 is 10.1 Å². The number of rotatable bonds is 11. The van der Waals surface area contributed by atoms with Crippen LogP contribution in [0.4, 0.5) is 0 Å². The van der Waals surface area contributed by atoms with Crippen molar-refractivity contribution in [3.05, 3.63) is 41.5 Å². The lowest BCUT2D eigenvalue weighted by atomic mass is 9.75. The summed E-state index contributed by atoms with van der Waals surface area (Å²) in [5.41, 5.74) is 1.22. The number of carbonyl (C=O) groups excluding carboxylic acids is 2. The van der Waals surface area contributed by atoms with E-state index in [4.69, 9.17) is 14.2 Å². The minimum absolute atomic E-state index is 0.00524. The second-order valence-electron chi connectivity index (χ2n) is 11.4. The molecule has 3 aliphatic rings. The van der Waals surface area contributed by atoms with Crippen LogP contribution in [-0.4, -0.2) is 91.3 Å². The van der Waals surface area contributed by atoms with Crippen molar-refractivity contribution >= 4 is 11.8 Å². The third-order valence-electron chi connectivity index (χ3n) is 8.48. The maximum Gasteiger partial charge on any atom is 0.249 e. The predicted molar refractivity (Wildman–Crippen MR) is 146 cm³/mol. The van der Waals surface area contributed by atoms with Crippen LogP contribution in [0.15, 0.2) is 35.9 Å². The number of fused-ring (bicyclic) bond motifs is 3. The number of hydrogen-bond acceptors (Lipinski definition) is 7. The molecule has 9 heteroatoms. The molecule has 3 N–H and O–H groups in total. The number of aliphatic hydroxyl groups is 2. The Morgan fingerprint density at radius 3 is 2.72 bits per heavy atom. The van der Waals surface area contributed by atoms with Gasteiger partial charge in [-0.2, -0.15) is 0 Å². The third-order valence-corrected chi connectivity index (χ3v) is 8.48. The van der Waals surface area contributed by atoms with Crippen molar-refractivity contribution in [1.82, 2.24) is 10.2 Å². The van der Waals surface area contributed by atoms with Crippen molar-refractivity contribution in [2.75, 3.05) is 40.0 Å². The molecule has 0 aromatic heterocycles. The van der Waals surface area contributed by atoms with Crippen molar-refractivity contribution in [2.45, 2.75) is 70.3 Å². The molecule has 7 atom stereocenters. The fraction of sp³-hybridized carbons (Fsp3) is 0.667. The molecule has 1 aromatic rings. The average molecular weight is 545 g/mol. The van der Waals surface area contributed by atoms with Crippen molar-refractivity contribution < 1.29 is 34.0 Å². The van der Waals surface area contributed by atoms with E-state index in [1.807, 2.05) is 24.3 Å². The molecule has 1 heterocycles. The summed E-state index contributed by atoms with van der Waals surface area (Å²) in [6.07, 6.45) is 3.05. The number of nitrogens with one attached hydrogen (secondary N) is 1. The number of nitrogens with zero attached hydrogens (tertiary/aromatic N) is 1. The SMILES string of the molecule is COCCN(C(=O)COC1CC(C)CCC1C(C)C)C1C=C(C(=O)NCCO)C2c3ccccc3OC2C1O. The molecule has 1 saturated carbocycles. The van der Waals surface area contributed by atoms with Crippen molar-refractivity contribution in [3.63, 3.8) is 0 Å². The molecule has 2 aliphatic carbocycles.